The second-order valence-electron chi connectivity index (χ2n) is 5.41. The van der Waals surface area contributed by atoms with Crippen LogP contribution in [0.2, 0.25) is 0 Å². The third-order valence-corrected chi connectivity index (χ3v) is 3.61. The summed E-state index contributed by atoms with van der Waals surface area (Å²) in [5.41, 5.74) is 4.64. The Balaban J connectivity index is 2.02. The standard InChI is InChI=1S/C18H22N2S/c1-4-14-7-5-9-16(11-14)19-18(21)20-17-10-6-8-15(12-17)13(2)3/h5-13H,4H2,1-3H3,(H2,19,20,21). The van der Waals surface area contributed by atoms with Crippen molar-refractivity contribution >= 4 is 28.7 Å². The maximum absolute atomic E-state index is 5.38. The molecular weight excluding hydrogens is 276 g/mol. The minimum atomic E-state index is 0.509. The van der Waals surface area contributed by atoms with E-state index >= 15 is 0 Å². The van der Waals surface area contributed by atoms with Crippen LogP contribution in [-0.4, -0.2) is 5.11 Å². The smallest absolute Gasteiger partial charge is 0.175 e. The molecule has 0 saturated heterocycles. The van der Waals surface area contributed by atoms with Gasteiger partial charge in [0.2, 0.25) is 0 Å². The van der Waals surface area contributed by atoms with Gasteiger partial charge in [0.05, 0.1) is 0 Å². The molecular formula is C18H22N2S. The Hall–Kier alpha value is -1.87. The highest BCUT2D eigenvalue weighted by molar-refractivity contribution is 7.80. The molecule has 0 aliphatic carbocycles. The average Bonchev–Trinajstić information content (AvgIpc) is 2.47. The maximum atomic E-state index is 5.38. The molecule has 0 aliphatic rings. The van der Waals surface area contributed by atoms with Crippen LogP contribution >= 0.6 is 12.2 Å². The lowest BCUT2D eigenvalue weighted by atomic mass is 10.0. The fourth-order valence-electron chi connectivity index (χ4n) is 2.14. The highest BCUT2D eigenvalue weighted by atomic mass is 32.1. The largest absolute Gasteiger partial charge is 0.332 e. The van der Waals surface area contributed by atoms with Gasteiger partial charge in [-0.3, -0.25) is 0 Å². The zero-order chi connectivity index (χ0) is 15.2. The van der Waals surface area contributed by atoms with E-state index in [1.807, 2.05) is 18.2 Å². The average molecular weight is 298 g/mol. The number of rotatable bonds is 4. The molecule has 0 bridgehead atoms. The zero-order valence-electron chi connectivity index (χ0n) is 12.8. The van der Waals surface area contributed by atoms with E-state index in [0.717, 1.165) is 17.8 Å². The van der Waals surface area contributed by atoms with Crippen molar-refractivity contribution in [2.45, 2.75) is 33.1 Å². The molecule has 0 aliphatic heterocycles. The second kappa shape index (κ2) is 7.23. The van der Waals surface area contributed by atoms with Crippen molar-refractivity contribution in [1.82, 2.24) is 0 Å². The summed E-state index contributed by atoms with van der Waals surface area (Å²) in [5.74, 6) is 0.509. The Bertz CT molecular complexity index is 620. The number of aryl methyl sites for hydroxylation is 1. The first-order valence-corrected chi connectivity index (χ1v) is 7.76. The van der Waals surface area contributed by atoms with Crippen molar-refractivity contribution in [3.63, 3.8) is 0 Å². The molecule has 21 heavy (non-hydrogen) atoms. The van der Waals surface area contributed by atoms with Gasteiger partial charge in [0.25, 0.3) is 0 Å². The van der Waals surface area contributed by atoms with Crippen LogP contribution < -0.4 is 10.6 Å². The topological polar surface area (TPSA) is 24.1 Å². The third-order valence-electron chi connectivity index (χ3n) is 3.40. The summed E-state index contributed by atoms with van der Waals surface area (Å²) < 4.78 is 0. The summed E-state index contributed by atoms with van der Waals surface area (Å²) in [6.45, 7) is 6.52. The van der Waals surface area contributed by atoms with Crippen LogP contribution in [0.15, 0.2) is 48.5 Å². The van der Waals surface area contributed by atoms with Gasteiger partial charge in [-0.25, -0.2) is 0 Å². The lowest BCUT2D eigenvalue weighted by molar-refractivity contribution is 0.867. The van der Waals surface area contributed by atoms with Crippen LogP contribution in [0.1, 0.15) is 37.8 Å². The monoisotopic (exact) mass is 298 g/mol. The van der Waals surface area contributed by atoms with Crippen molar-refractivity contribution in [3.05, 3.63) is 59.7 Å². The second-order valence-corrected chi connectivity index (χ2v) is 5.82. The Labute approximate surface area is 132 Å². The number of hydrogen-bond donors (Lipinski definition) is 2. The van der Waals surface area contributed by atoms with Gasteiger partial charge < -0.3 is 10.6 Å². The Kier molecular flexibility index (Phi) is 5.34. The molecule has 2 aromatic rings. The fourth-order valence-corrected chi connectivity index (χ4v) is 2.37. The summed E-state index contributed by atoms with van der Waals surface area (Å²) in [5, 5.41) is 7.09. The molecule has 0 radical (unpaired) electrons. The van der Waals surface area contributed by atoms with Gasteiger partial charge in [-0.2, -0.15) is 0 Å². The van der Waals surface area contributed by atoms with Crippen LogP contribution in [0.3, 0.4) is 0 Å². The molecule has 2 N–H and O–H groups in total. The number of thiocarbonyl (C=S) groups is 1. The van der Waals surface area contributed by atoms with Crippen molar-refractivity contribution < 1.29 is 0 Å². The van der Waals surface area contributed by atoms with E-state index in [2.05, 4.69) is 61.7 Å². The minimum Gasteiger partial charge on any atom is -0.332 e. The van der Waals surface area contributed by atoms with Gasteiger partial charge in [0.15, 0.2) is 5.11 Å². The van der Waals surface area contributed by atoms with Crippen LogP contribution in [0.25, 0.3) is 0 Å². The molecule has 0 unspecified atom stereocenters. The molecule has 110 valence electrons. The van der Waals surface area contributed by atoms with Crippen LogP contribution in [0.5, 0.6) is 0 Å². The van der Waals surface area contributed by atoms with E-state index in [0.29, 0.717) is 11.0 Å². The zero-order valence-corrected chi connectivity index (χ0v) is 13.6. The molecule has 0 aromatic heterocycles. The minimum absolute atomic E-state index is 0.509. The molecule has 0 heterocycles. The van der Waals surface area contributed by atoms with Gasteiger partial charge in [-0.1, -0.05) is 45.0 Å². The summed E-state index contributed by atoms with van der Waals surface area (Å²) in [6.07, 6.45) is 1.02. The highest BCUT2D eigenvalue weighted by Crippen LogP contribution is 2.19. The Morgan fingerprint density at radius 1 is 1.00 bits per heavy atom. The van der Waals surface area contributed by atoms with Gasteiger partial charge in [-0.05, 0) is 59.9 Å². The fraction of sp³-hybridized carbons (Fsp3) is 0.278. The first-order chi connectivity index (χ1) is 10.1. The quantitative estimate of drug-likeness (QED) is 0.760. The van der Waals surface area contributed by atoms with E-state index < -0.39 is 0 Å². The molecule has 0 atom stereocenters. The van der Waals surface area contributed by atoms with Crippen LogP contribution in [0, 0.1) is 0 Å². The predicted octanol–water partition coefficient (Wildman–Crippen LogP) is 5.18. The van der Waals surface area contributed by atoms with Gasteiger partial charge in [-0.15, -0.1) is 0 Å². The lowest BCUT2D eigenvalue weighted by Gasteiger charge is -2.13. The maximum Gasteiger partial charge on any atom is 0.175 e. The SMILES string of the molecule is CCc1cccc(NC(=S)Nc2cccc(C(C)C)c2)c1. The van der Waals surface area contributed by atoms with E-state index in [1.54, 1.807) is 0 Å². The molecule has 2 nitrogen and oxygen atoms in total. The number of benzene rings is 2. The molecule has 2 aromatic carbocycles. The summed E-state index contributed by atoms with van der Waals surface area (Å²) in [4.78, 5) is 0. The van der Waals surface area contributed by atoms with Gasteiger partial charge >= 0.3 is 0 Å². The van der Waals surface area contributed by atoms with Crippen molar-refractivity contribution in [2.24, 2.45) is 0 Å². The molecule has 0 saturated carbocycles. The van der Waals surface area contributed by atoms with E-state index in [-0.39, 0.29) is 0 Å². The normalized spacial score (nSPS) is 10.5. The first-order valence-electron chi connectivity index (χ1n) is 7.35. The van der Waals surface area contributed by atoms with Crippen molar-refractivity contribution in [2.75, 3.05) is 10.6 Å². The number of hydrogen-bond acceptors (Lipinski definition) is 1. The summed E-state index contributed by atoms with van der Waals surface area (Å²) >= 11 is 5.38. The molecule has 3 heteroatoms. The van der Waals surface area contributed by atoms with E-state index in [9.17, 15) is 0 Å². The third kappa shape index (κ3) is 4.57. The lowest BCUT2D eigenvalue weighted by Crippen LogP contribution is -2.19. The van der Waals surface area contributed by atoms with Crippen LogP contribution in [-0.2, 0) is 6.42 Å². The van der Waals surface area contributed by atoms with E-state index in [1.165, 1.54) is 11.1 Å². The summed E-state index contributed by atoms with van der Waals surface area (Å²) in [7, 11) is 0. The van der Waals surface area contributed by atoms with Crippen LogP contribution in [0.4, 0.5) is 11.4 Å². The number of nitrogens with one attached hydrogen (secondary N) is 2. The van der Waals surface area contributed by atoms with Crippen molar-refractivity contribution in [3.8, 4) is 0 Å². The molecule has 0 spiro atoms. The van der Waals surface area contributed by atoms with Gasteiger partial charge in [0, 0.05) is 11.4 Å². The molecule has 0 fully saturated rings. The Morgan fingerprint density at radius 3 is 2.24 bits per heavy atom. The number of anilines is 2. The highest BCUT2D eigenvalue weighted by Gasteiger charge is 2.03. The molecule has 0 amide bonds. The van der Waals surface area contributed by atoms with E-state index in [4.69, 9.17) is 12.2 Å². The Morgan fingerprint density at radius 2 is 1.62 bits per heavy atom. The van der Waals surface area contributed by atoms with Crippen molar-refractivity contribution in [1.29, 1.82) is 0 Å². The molecule has 2 rings (SSSR count). The summed E-state index contributed by atoms with van der Waals surface area (Å²) in [6, 6.07) is 16.7. The predicted molar refractivity (Wildman–Crippen MR) is 96.2 cm³/mol. The first kappa shape index (κ1) is 15.5. The van der Waals surface area contributed by atoms with Gasteiger partial charge in [0.1, 0.15) is 0 Å².